The van der Waals surface area contributed by atoms with Crippen molar-refractivity contribution in [1.82, 2.24) is 4.90 Å². The highest BCUT2D eigenvalue weighted by Crippen LogP contribution is 2.33. The molecule has 20 heavy (non-hydrogen) atoms. The van der Waals surface area contributed by atoms with E-state index in [1.54, 1.807) is 30.1 Å². The first-order valence-corrected chi connectivity index (χ1v) is 8.68. The molecule has 0 fully saturated rings. The van der Waals surface area contributed by atoms with E-state index in [1.165, 1.54) is 11.3 Å². The molecule has 1 heterocycles. The van der Waals surface area contributed by atoms with Gasteiger partial charge in [0.15, 0.2) is 0 Å². The van der Waals surface area contributed by atoms with E-state index >= 15 is 0 Å². The van der Waals surface area contributed by atoms with Crippen molar-refractivity contribution in [3.8, 4) is 0 Å². The van der Waals surface area contributed by atoms with Gasteiger partial charge in [-0.1, -0.05) is 29.3 Å². The number of benzene rings is 1. The van der Waals surface area contributed by atoms with Gasteiger partial charge in [-0.25, -0.2) is 0 Å². The third-order valence-electron chi connectivity index (χ3n) is 2.66. The van der Waals surface area contributed by atoms with E-state index in [4.69, 9.17) is 23.2 Å². The Morgan fingerprint density at radius 2 is 2.00 bits per heavy atom. The van der Waals surface area contributed by atoms with E-state index in [0.29, 0.717) is 22.2 Å². The zero-order valence-electron chi connectivity index (χ0n) is 10.3. The molecule has 0 saturated heterocycles. The predicted octanol–water partition coefficient (Wildman–Crippen LogP) is 5.85. The number of rotatable bonds is 3. The first-order valence-electron chi connectivity index (χ1n) is 5.52. The van der Waals surface area contributed by atoms with E-state index in [0.717, 1.165) is 13.1 Å². The minimum absolute atomic E-state index is 0.0650. The first-order chi connectivity index (χ1) is 9.38. The van der Waals surface area contributed by atoms with Gasteiger partial charge < -0.3 is 4.90 Å². The second kappa shape index (κ2) is 6.79. The van der Waals surface area contributed by atoms with Gasteiger partial charge in [-0.3, -0.25) is 4.79 Å². The molecule has 2 nitrogen and oxygen atoms in total. The summed E-state index contributed by atoms with van der Waals surface area (Å²) in [5.74, 6) is -0.0650. The molecule has 7 heteroatoms. The standard InChI is InChI=1S/C13H9Br2Cl2NOS/c1-18(6-7-2-3-8(16)4-10(7)17)13(19)9-5-11(14)20-12(9)15/h2-5H,6H2,1H3. The molecule has 1 amide bonds. The SMILES string of the molecule is CN(Cc1ccc(Cl)cc1Cl)C(=O)c1cc(Br)sc1Br. The zero-order chi connectivity index (χ0) is 14.9. The summed E-state index contributed by atoms with van der Waals surface area (Å²) < 4.78 is 1.72. The van der Waals surface area contributed by atoms with Crippen molar-refractivity contribution in [2.45, 2.75) is 6.54 Å². The highest BCUT2D eigenvalue weighted by atomic mass is 79.9. The third kappa shape index (κ3) is 3.77. The van der Waals surface area contributed by atoms with Crippen molar-refractivity contribution < 1.29 is 4.79 Å². The summed E-state index contributed by atoms with van der Waals surface area (Å²) in [6, 6.07) is 7.07. The number of amides is 1. The molecule has 1 aromatic heterocycles. The lowest BCUT2D eigenvalue weighted by Crippen LogP contribution is -2.26. The van der Waals surface area contributed by atoms with E-state index in [1.807, 2.05) is 6.07 Å². The van der Waals surface area contributed by atoms with Crippen molar-refractivity contribution in [3.05, 3.63) is 53.0 Å². The van der Waals surface area contributed by atoms with Crippen LogP contribution in [0.3, 0.4) is 0 Å². The number of carbonyl (C=O) groups is 1. The predicted molar refractivity (Wildman–Crippen MR) is 92.0 cm³/mol. The molecule has 0 atom stereocenters. The second-order valence-corrected chi connectivity index (χ2v) is 8.73. The fourth-order valence-electron chi connectivity index (χ4n) is 1.67. The summed E-state index contributed by atoms with van der Waals surface area (Å²) in [5.41, 5.74) is 1.49. The maximum Gasteiger partial charge on any atom is 0.255 e. The van der Waals surface area contributed by atoms with Gasteiger partial charge in [0.25, 0.3) is 5.91 Å². The number of halogens is 4. The minimum Gasteiger partial charge on any atom is -0.337 e. The average Bonchev–Trinajstić information content (AvgIpc) is 2.71. The second-order valence-electron chi connectivity index (χ2n) is 4.13. The summed E-state index contributed by atoms with van der Waals surface area (Å²) in [6.45, 7) is 0.425. The van der Waals surface area contributed by atoms with Crippen LogP contribution < -0.4 is 0 Å². The van der Waals surface area contributed by atoms with Crippen LogP contribution in [0.15, 0.2) is 31.8 Å². The fraction of sp³-hybridized carbons (Fsp3) is 0.154. The van der Waals surface area contributed by atoms with Crippen molar-refractivity contribution in [1.29, 1.82) is 0 Å². The normalized spacial score (nSPS) is 10.7. The van der Waals surface area contributed by atoms with Crippen LogP contribution in [0.5, 0.6) is 0 Å². The Kier molecular flexibility index (Phi) is 5.54. The van der Waals surface area contributed by atoms with Gasteiger partial charge in [0.2, 0.25) is 0 Å². The quantitative estimate of drug-likeness (QED) is 0.566. The molecule has 2 aromatic rings. The Bertz CT molecular complexity index is 660. The lowest BCUT2D eigenvalue weighted by molar-refractivity contribution is 0.0785. The summed E-state index contributed by atoms with van der Waals surface area (Å²) >= 11 is 20.2. The van der Waals surface area contributed by atoms with Gasteiger partial charge in [-0.05, 0) is 55.6 Å². The lowest BCUT2D eigenvalue weighted by atomic mass is 10.2. The summed E-state index contributed by atoms with van der Waals surface area (Å²) in [7, 11) is 1.74. The van der Waals surface area contributed by atoms with Crippen LogP contribution in [0, 0.1) is 0 Å². The maximum absolute atomic E-state index is 12.4. The van der Waals surface area contributed by atoms with Gasteiger partial charge in [-0.15, -0.1) is 11.3 Å². The van der Waals surface area contributed by atoms with Gasteiger partial charge in [0.05, 0.1) is 13.1 Å². The van der Waals surface area contributed by atoms with Crippen molar-refractivity contribution in [2.24, 2.45) is 0 Å². The number of nitrogens with zero attached hydrogens (tertiary/aromatic N) is 1. The van der Waals surface area contributed by atoms with Crippen LogP contribution in [0.4, 0.5) is 0 Å². The van der Waals surface area contributed by atoms with Gasteiger partial charge >= 0.3 is 0 Å². The average molecular weight is 458 g/mol. The molecule has 0 unspecified atom stereocenters. The van der Waals surface area contributed by atoms with E-state index in [-0.39, 0.29) is 5.91 Å². The minimum atomic E-state index is -0.0650. The number of thiophene rings is 1. The van der Waals surface area contributed by atoms with E-state index in [2.05, 4.69) is 31.9 Å². The molecule has 0 bridgehead atoms. The smallest absolute Gasteiger partial charge is 0.255 e. The van der Waals surface area contributed by atoms with Gasteiger partial charge in [-0.2, -0.15) is 0 Å². The molecule has 0 aliphatic heterocycles. The van der Waals surface area contributed by atoms with Crippen LogP contribution in [0.1, 0.15) is 15.9 Å². The Labute approximate surface area is 147 Å². The van der Waals surface area contributed by atoms with Gasteiger partial charge in [0.1, 0.15) is 0 Å². The highest BCUT2D eigenvalue weighted by molar-refractivity contribution is 9.12. The van der Waals surface area contributed by atoms with Crippen LogP contribution in [0.25, 0.3) is 0 Å². The van der Waals surface area contributed by atoms with Crippen molar-refractivity contribution in [3.63, 3.8) is 0 Å². The van der Waals surface area contributed by atoms with Crippen LogP contribution in [-0.4, -0.2) is 17.9 Å². The molecule has 2 rings (SSSR count). The highest BCUT2D eigenvalue weighted by Gasteiger charge is 2.18. The van der Waals surface area contributed by atoms with Crippen molar-refractivity contribution >= 4 is 72.3 Å². The maximum atomic E-state index is 12.4. The molecule has 0 aliphatic rings. The number of hydrogen-bond acceptors (Lipinski definition) is 2. The molecular formula is C13H9Br2Cl2NOS. The Balaban J connectivity index is 2.17. The van der Waals surface area contributed by atoms with Crippen LogP contribution in [0.2, 0.25) is 10.0 Å². The molecule has 0 spiro atoms. The molecule has 0 saturated carbocycles. The third-order valence-corrected chi connectivity index (χ3v) is 5.58. The number of hydrogen-bond donors (Lipinski definition) is 0. The van der Waals surface area contributed by atoms with E-state index in [9.17, 15) is 4.79 Å². The van der Waals surface area contributed by atoms with Crippen LogP contribution >= 0.6 is 66.4 Å². The Morgan fingerprint density at radius 3 is 2.55 bits per heavy atom. The molecule has 0 radical (unpaired) electrons. The molecule has 1 aromatic carbocycles. The Hall–Kier alpha value is -0.0700. The van der Waals surface area contributed by atoms with Gasteiger partial charge in [0, 0.05) is 23.6 Å². The Morgan fingerprint density at radius 1 is 1.30 bits per heavy atom. The fourth-order valence-corrected chi connectivity index (χ4v) is 4.91. The summed E-state index contributed by atoms with van der Waals surface area (Å²) in [5, 5.41) is 1.14. The number of carbonyl (C=O) groups excluding carboxylic acids is 1. The monoisotopic (exact) mass is 455 g/mol. The molecule has 106 valence electrons. The van der Waals surface area contributed by atoms with Crippen molar-refractivity contribution in [2.75, 3.05) is 7.05 Å². The van der Waals surface area contributed by atoms with E-state index < -0.39 is 0 Å². The summed E-state index contributed by atoms with van der Waals surface area (Å²) in [4.78, 5) is 14.0. The molecular weight excluding hydrogens is 449 g/mol. The lowest BCUT2D eigenvalue weighted by Gasteiger charge is -2.17. The van der Waals surface area contributed by atoms with Crippen LogP contribution in [-0.2, 0) is 6.54 Å². The largest absolute Gasteiger partial charge is 0.337 e. The summed E-state index contributed by atoms with van der Waals surface area (Å²) in [6.07, 6.45) is 0. The molecule has 0 N–H and O–H groups in total. The molecule has 0 aliphatic carbocycles. The topological polar surface area (TPSA) is 20.3 Å². The zero-order valence-corrected chi connectivity index (χ0v) is 15.8. The first kappa shape index (κ1) is 16.3.